The van der Waals surface area contributed by atoms with Gasteiger partial charge in [-0.25, -0.2) is 4.98 Å². The molecule has 0 bridgehead atoms. The van der Waals surface area contributed by atoms with Crippen LogP contribution in [0.2, 0.25) is 0 Å². The third-order valence-corrected chi connectivity index (χ3v) is 6.10. The van der Waals surface area contributed by atoms with Gasteiger partial charge >= 0.3 is 0 Å². The van der Waals surface area contributed by atoms with Crippen molar-refractivity contribution in [1.29, 1.82) is 0 Å². The molecule has 1 heterocycles. The molecule has 162 valence electrons. The summed E-state index contributed by atoms with van der Waals surface area (Å²) in [4.78, 5) is 33.4. The highest BCUT2D eigenvalue weighted by Gasteiger charge is 2.29. The van der Waals surface area contributed by atoms with Gasteiger partial charge in [0.1, 0.15) is 5.82 Å². The summed E-state index contributed by atoms with van der Waals surface area (Å²) in [6.07, 6.45) is 0.616. The molecule has 1 atom stereocenters. The fraction of sp³-hybridized carbons (Fsp3) is 0.192. The van der Waals surface area contributed by atoms with Gasteiger partial charge in [-0.15, -0.1) is 0 Å². The Balaban J connectivity index is 1.85. The number of fused-ring (bicyclic) bond motifs is 1. The van der Waals surface area contributed by atoms with E-state index in [9.17, 15) is 9.59 Å². The molecule has 1 amide bonds. The van der Waals surface area contributed by atoms with Crippen LogP contribution in [0.5, 0.6) is 0 Å². The summed E-state index contributed by atoms with van der Waals surface area (Å²) in [5, 5.41) is 0.571. The summed E-state index contributed by atoms with van der Waals surface area (Å²) >= 11 is 3.47. The lowest BCUT2D eigenvalue weighted by molar-refractivity contribution is 0.0639. The first-order chi connectivity index (χ1) is 15.5. The molecule has 4 rings (SSSR count). The van der Waals surface area contributed by atoms with Gasteiger partial charge in [0.25, 0.3) is 11.5 Å². The van der Waals surface area contributed by atoms with Crippen LogP contribution in [0.15, 0.2) is 88.1 Å². The van der Waals surface area contributed by atoms with Gasteiger partial charge in [0.05, 0.1) is 16.9 Å². The van der Waals surface area contributed by atoms with Gasteiger partial charge in [-0.3, -0.25) is 14.2 Å². The smallest absolute Gasteiger partial charge is 0.261 e. The first-order valence-electron chi connectivity index (χ1n) is 10.6. The third-order valence-electron chi connectivity index (χ3n) is 5.61. The summed E-state index contributed by atoms with van der Waals surface area (Å²) in [7, 11) is 1.73. The zero-order valence-corrected chi connectivity index (χ0v) is 19.6. The van der Waals surface area contributed by atoms with Crippen molar-refractivity contribution in [3.05, 3.63) is 111 Å². The van der Waals surface area contributed by atoms with E-state index in [1.807, 2.05) is 84.6 Å². The normalized spacial score (nSPS) is 12.0. The number of amides is 1. The molecule has 0 aliphatic heterocycles. The van der Waals surface area contributed by atoms with Gasteiger partial charge in [0.15, 0.2) is 0 Å². The van der Waals surface area contributed by atoms with Crippen LogP contribution in [0.1, 0.15) is 41.1 Å². The lowest BCUT2D eigenvalue weighted by atomic mass is 10.1. The summed E-state index contributed by atoms with van der Waals surface area (Å²) in [5.41, 5.74) is 2.12. The second kappa shape index (κ2) is 9.49. The highest BCUT2D eigenvalue weighted by atomic mass is 79.9. The van der Waals surface area contributed by atoms with Crippen LogP contribution in [0, 0.1) is 0 Å². The molecule has 0 saturated heterocycles. The van der Waals surface area contributed by atoms with Gasteiger partial charge in [-0.05, 0) is 42.3 Å². The van der Waals surface area contributed by atoms with Crippen molar-refractivity contribution in [2.75, 3.05) is 0 Å². The number of carbonyl (C=O) groups is 1. The second-order valence-corrected chi connectivity index (χ2v) is 8.62. The minimum Gasteiger partial charge on any atom is -0.324 e. The first kappa shape index (κ1) is 22.0. The number of rotatable bonds is 6. The molecule has 0 spiro atoms. The van der Waals surface area contributed by atoms with Crippen molar-refractivity contribution in [2.24, 2.45) is 7.05 Å². The predicted molar refractivity (Wildman–Crippen MR) is 130 cm³/mol. The molecule has 4 aromatic rings. The molecule has 5 nitrogen and oxygen atoms in total. The molecule has 0 radical (unpaired) electrons. The Kier molecular flexibility index (Phi) is 6.51. The van der Waals surface area contributed by atoms with E-state index in [0.29, 0.717) is 35.3 Å². The Morgan fingerprint density at radius 2 is 1.75 bits per heavy atom. The molecule has 0 saturated carbocycles. The predicted octanol–water partition coefficient (Wildman–Crippen LogP) is 5.49. The lowest BCUT2D eigenvalue weighted by Crippen LogP contribution is -2.38. The molecule has 1 aromatic heterocycles. The lowest BCUT2D eigenvalue weighted by Gasteiger charge is -2.32. The molecular formula is C26H24BrN3O2. The van der Waals surface area contributed by atoms with Crippen LogP contribution in [-0.4, -0.2) is 20.4 Å². The third kappa shape index (κ3) is 4.36. The monoisotopic (exact) mass is 489 g/mol. The molecule has 6 heteroatoms. The molecule has 3 aromatic carbocycles. The number of hydrogen-bond donors (Lipinski definition) is 0. The average Bonchev–Trinajstić information content (AvgIpc) is 2.82. The van der Waals surface area contributed by atoms with Gasteiger partial charge in [0.2, 0.25) is 0 Å². The maximum Gasteiger partial charge on any atom is 0.261 e. The van der Waals surface area contributed by atoms with Crippen molar-refractivity contribution in [2.45, 2.75) is 25.9 Å². The largest absolute Gasteiger partial charge is 0.324 e. The highest BCUT2D eigenvalue weighted by Crippen LogP contribution is 2.28. The maximum absolute atomic E-state index is 13.7. The van der Waals surface area contributed by atoms with E-state index >= 15 is 0 Å². The number of para-hydroxylation sites is 1. The van der Waals surface area contributed by atoms with E-state index in [1.165, 1.54) is 0 Å². The van der Waals surface area contributed by atoms with Crippen LogP contribution in [0.4, 0.5) is 0 Å². The van der Waals surface area contributed by atoms with E-state index in [0.717, 1.165) is 10.0 Å². The van der Waals surface area contributed by atoms with Crippen molar-refractivity contribution in [3.63, 3.8) is 0 Å². The Bertz CT molecular complexity index is 1320. The summed E-state index contributed by atoms with van der Waals surface area (Å²) < 4.78 is 2.41. The van der Waals surface area contributed by atoms with Crippen molar-refractivity contribution >= 4 is 32.7 Å². The molecular weight excluding hydrogens is 466 g/mol. The number of nitrogens with zero attached hydrogens (tertiary/aromatic N) is 3. The van der Waals surface area contributed by atoms with Gasteiger partial charge in [-0.2, -0.15) is 0 Å². The fourth-order valence-electron chi connectivity index (χ4n) is 3.97. The minimum atomic E-state index is -0.371. The van der Waals surface area contributed by atoms with Crippen LogP contribution in [0.3, 0.4) is 0 Å². The van der Waals surface area contributed by atoms with Crippen molar-refractivity contribution < 1.29 is 4.79 Å². The quantitative estimate of drug-likeness (QED) is 0.359. The SMILES string of the molecule is CCC(c1nc2ccccc2c(=O)n1C)N(Cc1ccccc1)C(=O)c1cccc(Br)c1. The summed E-state index contributed by atoms with van der Waals surface area (Å²) in [5.74, 6) is 0.472. The molecule has 0 N–H and O–H groups in total. The summed E-state index contributed by atoms with van der Waals surface area (Å²) in [6.45, 7) is 2.42. The van der Waals surface area contributed by atoms with E-state index in [-0.39, 0.29) is 17.5 Å². The van der Waals surface area contributed by atoms with E-state index in [2.05, 4.69) is 15.9 Å². The Labute approximate surface area is 195 Å². The van der Waals surface area contributed by atoms with E-state index in [4.69, 9.17) is 4.98 Å². The van der Waals surface area contributed by atoms with Crippen LogP contribution in [-0.2, 0) is 13.6 Å². The standard InChI is InChI=1S/C26H24BrN3O2/c1-3-23(24-28-22-15-8-7-14-21(22)26(32)29(24)2)30(17-18-10-5-4-6-11-18)25(31)19-12-9-13-20(27)16-19/h4-16,23H,3,17H2,1-2H3. The van der Waals surface area contributed by atoms with Crippen molar-refractivity contribution in [1.82, 2.24) is 14.5 Å². The average molecular weight is 490 g/mol. The minimum absolute atomic E-state index is 0.107. The number of halogens is 1. The Hall–Kier alpha value is -3.25. The maximum atomic E-state index is 13.7. The fourth-order valence-corrected chi connectivity index (χ4v) is 4.37. The zero-order chi connectivity index (χ0) is 22.7. The van der Waals surface area contributed by atoms with Gasteiger partial charge in [0, 0.05) is 23.6 Å². The summed E-state index contributed by atoms with van der Waals surface area (Å²) in [6, 6.07) is 24.2. The van der Waals surface area contributed by atoms with Gasteiger partial charge in [-0.1, -0.05) is 71.4 Å². The van der Waals surface area contributed by atoms with Crippen molar-refractivity contribution in [3.8, 4) is 0 Å². The van der Waals surface area contributed by atoms with Crippen LogP contribution in [0.25, 0.3) is 10.9 Å². The van der Waals surface area contributed by atoms with Crippen LogP contribution >= 0.6 is 15.9 Å². The first-order valence-corrected chi connectivity index (χ1v) is 11.3. The Morgan fingerprint density at radius 1 is 1.03 bits per heavy atom. The Morgan fingerprint density at radius 3 is 2.47 bits per heavy atom. The molecule has 32 heavy (non-hydrogen) atoms. The zero-order valence-electron chi connectivity index (χ0n) is 18.0. The molecule has 0 aliphatic carbocycles. The molecule has 0 fully saturated rings. The van der Waals surface area contributed by atoms with E-state index < -0.39 is 0 Å². The number of benzene rings is 3. The molecule has 1 unspecified atom stereocenters. The number of aromatic nitrogens is 2. The second-order valence-electron chi connectivity index (χ2n) is 7.70. The number of carbonyl (C=O) groups excluding carboxylic acids is 1. The highest BCUT2D eigenvalue weighted by molar-refractivity contribution is 9.10. The van der Waals surface area contributed by atoms with Crippen LogP contribution < -0.4 is 5.56 Å². The number of hydrogen-bond acceptors (Lipinski definition) is 3. The molecule has 0 aliphatic rings. The topological polar surface area (TPSA) is 55.2 Å². The van der Waals surface area contributed by atoms with E-state index in [1.54, 1.807) is 17.7 Å². The van der Waals surface area contributed by atoms with Gasteiger partial charge < -0.3 is 4.90 Å².